The van der Waals surface area contributed by atoms with Crippen molar-refractivity contribution in [2.24, 2.45) is 0 Å². The lowest BCUT2D eigenvalue weighted by atomic mass is 10.1. The van der Waals surface area contributed by atoms with Crippen LogP contribution in [0, 0.1) is 0 Å². The molecule has 31 heavy (non-hydrogen) atoms. The van der Waals surface area contributed by atoms with Crippen LogP contribution >= 0.6 is 11.6 Å². The first-order chi connectivity index (χ1) is 14.6. The predicted octanol–water partition coefficient (Wildman–Crippen LogP) is 4.93. The Hall–Kier alpha value is -3.08. The standard InChI is InChI=1S/C19H15ClF5N3O3/c20-13-3-1-2-4-14(13)28-17(9-15(27-28)19(23,24)25)30-10-16(29)26-11-5-7-12(8-6-11)31-18(21)22/h1-2,4-9,13,18H,3,10H2,(H,26,29). The van der Waals surface area contributed by atoms with Gasteiger partial charge in [-0.05, 0) is 36.8 Å². The average Bonchev–Trinajstić information content (AvgIpc) is 3.12. The summed E-state index contributed by atoms with van der Waals surface area (Å²) < 4.78 is 74.0. The number of rotatable bonds is 7. The Morgan fingerprint density at radius 3 is 2.61 bits per heavy atom. The van der Waals surface area contributed by atoms with Crippen molar-refractivity contribution >= 4 is 28.9 Å². The lowest BCUT2D eigenvalue weighted by Crippen LogP contribution is -2.22. The van der Waals surface area contributed by atoms with Gasteiger partial charge < -0.3 is 14.8 Å². The Kier molecular flexibility index (Phi) is 6.84. The highest BCUT2D eigenvalue weighted by atomic mass is 35.5. The number of nitrogens with one attached hydrogen (secondary N) is 1. The molecule has 0 saturated heterocycles. The van der Waals surface area contributed by atoms with Crippen LogP contribution in [0.3, 0.4) is 0 Å². The van der Waals surface area contributed by atoms with Crippen molar-refractivity contribution < 1.29 is 36.2 Å². The van der Waals surface area contributed by atoms with Gasteiger partial charge in [-0.1, -0.05) is 12.2 Å². The van der Waals surface area contributed by atoms with E-state index in [1.807, 2.05) is 0 Å². The predicted molar refractivity (Wildman–Crippen MR) is 102 cm³/mol. The summed E-state index contributed by atoms with van der Waals surface area (Å²) in [5, 5.41) is 5.32. The summed E-state index contributed by atoms with van der Waals surface area (Å²) in [7, 11) is 0. The van der Waals surface area contributed by atoms with Crippen molar-refractivity contribution in [1.82, 2.24) is 9.78 Å². The van der Waals surface area contributed by atoms with Gasteiger partial charge in [-0.25, -0.2) is 4.68 Å². The number of allylic oxidation sites excluding steroid dienone is 4. The van der Waals surface area contributed by atoms with Crippen LogP contribution in [0.25, 0.3) is 5.70 Å². The third-order valence-corrected chi connectivity index (χ3v) is 4.39. The van der Waals surface area contributed by atoms with Crippen molar-refractivity contribution in [3.63, 3.8) is 0 Å². The molecule has 1 aromatic heterocycles. The second-order valence-electron chi connectivity index (χ2n) is 6.24. The minimum atomic E-state index is -4.72. The van der Waals surface area contributed by atoms with Crippen LogP contribution in [0.4, 0.5) is 27.6 Å². The van der Waals surface area contributed by atoms with Crippen LogP contribution in [0.2, 0.25) is 0 Å². The number of nitrogens with zero attached hydrogens (tertiary/aromatic N) is 2. The molecule has 1 aliphatic carbocycles. The molecular formula is C19H15ClF5N3O3. The molecule has 6 nitrogen and oxygen atoms in total. The number of aromatic nitrogens is 2. The highest BCUT2D eigenvalue weighted by Crippen LogP contribution is 2.34. The molecule has 1 aromatic carbocycles. The summed E-state index contributed by atoms with van der Waals surface area (Å²) >= 11 is 6.17. The normalized spacial score (nSPS) is 16.2. The largest absolute Gasteiger partial charge is 0.467 e. The number of alkyl halides is 6. The number of amides is 1. The van der Waals surface area contributed by atoms with Gasteiger partial charge in [0.15, 0.2) is 12.3 Å². The van der Waals surface area contributed by atoms with Crippen LogP contribution in [0.1, 0.15) is 12.1 Å². The smallest absolute Gasteiger partial charge is 0.435 e. The van der Waals surface area contributed by atoms with Gasteiger partial charge in [0.25, 0.3) is 5.91 Å². The Morgan fingerprint density at radius 1 is 1.29 bits per heavy atom. The summed E-state index contributed by atoms with van der Waals surface area (Å²) in [6, 6.07) is 5.75. The average molecular weight is 464 g/mol. The number of hydrogen-bond acceptors (Lipinski definition) is 4. The molecule has 1 amide bonds. The second-order valence-corrected chi connectivity index (χ2v) is 6.77. The van der Waals surface area contributed by atoms with Gasteiger partial charge in [0, 0.05) is 11.8 Å². The number of hydrogen-bond donors (Lipinski definition) is 1. The van der Waals surface area contributed by atoms with E-state index >= 15 is 0 Å². The quantitative estimate of drug-likeness (QED) is 0.467. The highest BCUT2D eigenvalue weighted by Gasteiger charge is 2.36. The number of ether oxygens (including phenoxy) is 2. The minimum Gasteiger partial charge on any atom is -0.467 e. The van der Waals surface area contributed by atoms with E-state index in [1.54, 1.807) is 12.2 Å². The molecule has 0 fully saturated rings. The fraction of sp³-hybridized carbons (Fsp3) is 0.263. The fourth-order valence-electron chi connectivity index (χ4n) is 2.64. The first-order valence-electron chi connectivity index (χ1n) is 8.79. The lowest BCUT2D eigenvalue weighted by molar-refractivity contribution is -0.141. The molecule has 1 atom stereocenters. The number of carbonyl (C=O) groups is 1. The topological polar surface area (TPSA) is 65.4 Å². The Labute approximate surface area is 177 Å². The lowest BCUT2D eigenvalue weighted by Gasteiger charge is -2.17. The number of carbonyl (C=O) groups excluding carboxylic acids is 1. The van der Waals surface area contributed by atoms with Gasteiger partial charge in [0.2, 0.25) is 5.88 Å². The summed E-state index contributed by atoms with van der Waals surface area (Å²) in [6.07, 6.45) is 0.548. The molecule has 12 heteroatoms. The van der Waals surface area contributed by atoms with Gasteiger partial charge in [0.1, 0.15) is 5.75 Å². The molecule has 0 bridgehead atoms. The summed E-state index contributed by atoms with van der Waals surface area (Å²) in [6.45, 7) is -3.61. The highest BCUT2D eigenvalue weighted by molar-refractivity contribution is 6.25. The van der Waals surface area contributed by atoms with Crippen LogP contribution in [-0.4, -0.2) is 34.3 Å². The first-order valence-corrected chi connectivity index (χ1v) is 9.23. The molecule has 2 aromatic rings. The summed E-state index contributed by atoms with van der Waals surface area (Å²) in [5.74, 6) is -1.10. The van der Waals surface area contributed by atoms with Gasteiger partial charge in [-0.2, -0.15) is 27.1 Å². The maximum atomic E-state index is 13.1. The van der Waals surface area contributed by atoms with Crippen molar-refractivity contribution in [1.29, 1.82) is 0 Å². The molecular weight excluding hydrogens is 449 g/mol. The van der Waals surface area contributed by atoms with E-state index in [1.165, 1.54) is 30.3 Å². The Morgan fingerprint density at radius 2 is 2.00 bits per heavy atom. The van der Waals surface area contributed by atoms with Crippen LogP contribution < -0.4 is 14.8 Å². The molecule has 1 N–H and O–H groups in total. The monoisotopic (exact) mass is 463 g/mol. The molecule has 1 heterocycles. The van der Waals surface area contributed by atoms with Crippen molar-refractivity contribution in [3.05, 3.63) is 54.3 Å². The fourth-order valence-corrected chi connectivity index (χ4v) is 2.91. The van der Waals surface area contributed by atoms with E-state index in [-0.39, 0.29) is 23.0 Å². The van der Waals surface area contributed by atoms with E-state index in [4.69, 9.17) is 16.3 Å². The van der Waals surface area contributed by atoms with E-state index < -0.39 is 36.4 Å². The molecule has 0 spiro atoms. The third-order valence-electron chi connectivity index (χ3n) is 3.99. The first kappa shape index (κ1) is 22.6. The molecule has 0 saturated carbocycles. The van der Waals surface area contributed by atoms with Crippen molar-refractivity contribution in [3.8, 4) is 11.6 Å². The minimum absolute atomic E-state index is 0.0988. The zero-order valence-electron chi connectivity index (χ0n) is 15.6. The zero-order valence-corrected chi connectivity index (χ0v) is 16.3. The van der Waals surface area contributed by atoms with Gasteiger partial charge in [-0.15, -0.1) is 11.6 Å². The van der Waals surface area contributed by atoms with Gasteiger partial charge in [-0.3, -0.25) is 4.79 Å². The van der Waals surface area contributed by atoms with Crippen molar-refractivity contribution in [2.75, 3.05) is 11.9 Å². The maximum Gasteiger partial charge on any atom is 0.435 e. The third kappa shape index (κ3) is 5.97. The molecule has 1 unspecified atom stereocenters. The second kappa shape index (κ2) is 9.38. The van der Waals surface area contributed by atoms with Crippen molar-refractivity contribution in [2.45, 2.75) is 24.6 Å². The van der Waals surface area contributed by atoms with E-state index in [9.17, 15) is 26.7 Å². The van der Waals surface area contributed by atoms with Crippen LogP contribution in [0.15, 0.2) is 48.6 Å². The van der Waals surface area contributed by atoms with E-state index in [0.717, 1.165) is 4.68 Å². The summed E-state index contributed by atoms with van der Waals surface area (Å²) in [4.78, 5) is 12.1. The van der Waals surface area contributed by atoms with Gasteiger partial charge in [0.05, 0.1) is 11.1 Å². The molecule has 166 valence electrons. The van der Waals surface area contributed by atoms with E-state index in [2.05, 4.69) is 15.2 Å². The number of anilines is 1. The van der Waals surface area contributed by atoms with Crippen LogP contribution in [0.5, 0.6) is 11.6 Å². The zero-order chi connectivity index (χ0) is 22.6. The summed E-state index contributed by atoms with van der Waals surface area (Å²) in [5.41, 5.74) is -0.679. The number of benzene rings is 1. The van der Waals surface area contributed by atoms with E-state index in [0.29, 0.717) is 12.5 Å². The Balaban J connectivity index is 1.70. The van der Waals surface area contributed by atoms with Crippen LogP contribution in [-0.2, 0) is 11.0 Å². The SMILES string of the molecule is O=C(COc1cc(C(F)(F)F)nn1C1=CC=CCC1Cl)Nc1ccc(OC(F)F)cc1. The van der Waals surface area contributed by atoms with Gasteiger partial charge >= 0.3 is 12.8 Å². The number of halogens is 6. The molecule has 3 rings (SSSR count). The molecule has 1 aliphatic rings. The molecule has 0 radical (unpaired) electrons. The molecule has 0 aliphatic heterocycles. The Bertz CT molecular complexity index is 987. The maximum absolute atomic E-state index is 13.1.